The highest BCUT2D eigenvalue weighted by Crippen LogP contribution is 2.27. The number of halogens is 1. The minimum absolute atomic E-state index is 0.141. The summed E-state index contributed by atoms with van der Waals surface area (Å²) in [5.74, 6) is 0.962. The topological polar surface area (TPSA) is 47.6 Å². The highest BCUT2D eigenvalue weighted by atomic mass is 35.5. The highest BCUT2D eigenvalue weighted by Gasteiger charge is 2.08. The van der Waals surface area contributed by atoms with Gasteiger partial charge in [0.25, 0.3) is 0 Å². The molecule has 5 heteroatoms. The van der Waals surface area contributed by atoms with Crippen LogP contribution < -0.4 is 14.8 Å². The zero-order chi connectivity index (χ0) is 16.8. The number of nitrogens with one attached hydrogen (secondary N) is 1. The lowest BCUT2D eigenvalue weighted by atomic mass is 10.1. The predicted octanol–water partition coefficient (Wildman–Crippen LogP) is 4.47. The van der Waals surface area contributed by atoms with Crippen LogP contribution in [0.1, 0.15) is 15.9 Å². The average Bonchev–Trinajstić information content (AvgIpc) is 2.57. The van der Waals surface area contributed by atoms with Crippen molar-refractivity contribution >= 4 is 23.1 Å². The Kier molecular flexibility index (Phi) is 5.66. The quantitative estimate of drug-likeness (QED) is 0.626. The van der Waals surface area contributed by atoms with Gasteiger partial charge < -0.3 is 14.8 Å². The van der Waals surface area contributed by atoms with Gasteiger partial charge in [-0.3, -0.25) is 4.79 Å². The summed E-state index contributed by atoms with van der Waals surface area (Å²) in [6.07, 6.45) is 3.05. The third kappa shape index (κ3) is 4.27. The zero-order valence-electron chi connectivity index (χ0n) is 13.2. The maximum atomic E-state index is 12.2. The van der Waals surface area contributed by atoms with Crippen molar-refractivity contribution in [3.05, 3.63) is 64.8 Å². The summed E-state index contributed by atoms with van der Waals surface area (Å²) in [4.78, 5) is 12.2. The third-order valence-corrected chi connectivity index (χ3v) is 3.58. The number of hydrogen-bond donors (Lipinski definition) is 1. The second-order valence-corrected chi connectivity index (χ2v) is 5.31. The van der Waals surface area contributed by atoms with E-state index in [4.69, 9.17) is 21.1 Å². The smallest absolute Gasteiger partial charge is 0.187 e. The standard InChI is InChI=1S/C18H18ClNO3/c1-12-4-6-14(19)11-15(12)20-9-8-16(21)13-5-7-17(22-2)18(10-13)23-3/h4-11,20H,1-3H3/b9-8-. The average molecular weight is 332 g/mol. The minimum Gasteiger partial charge on any atom is -0.493 e. The minimum atomic E-state index is -0.141. The van der Waals surface area contributed by atoms with Crippen molar-refractivity contribution in [1.29, 1.82) is 0 Å². The van der Waals surface area contributed by atoms with Crippen molar-refractivity contribution in [2.75, 3.05) is 19.5 Å². The van der Waals surface area contributed by atoms with E-state index in [-0.39, 0.29) is 5.78 Å². The van der Waals surface area contributed by atoms with E-state index in [9.17, 15) is 4.79 Å². The first-order valence-corrected chi connectivity index (χ1v) is 7.38. The normalized spacial score (nSPS) is 10.6. The predicted molar refractivity (Wildman–Crippen MR) is 92.8 cm³/mol. The fourth-order valence-corrected chi connectivity index (χ4v) is 2.21. The Bertz CT molecular complexity index is 741. The van der Waals surface area contributed by atoms with E-state index in [1.807, 2.05) is 25.1 Å². The van der Waals surface area contributed by atoms with Crippen LogP contribution in [-0.2, 0) is 0 Å². The Balaban J connectivity index is 2.11. The number of hydrogen-bond acceptors (Lipinski definition) is 4. The molecular weight excluding hydrogens is 314 g/mol. The van der Waals surface area contributed by atoms with Gasteiger partial charge in [0.1, 0.15) is 0 Å². The molecule has 0 saturated carbocycles. The first kappa shape index (κ1) is 16.9. The second-order valence-electron chi connectivity index (χ2n) is 4.87. The van der Waals surface area contributed by atoms with Gasteiger partial charge in [0, 0.05) is 28.5 Å². The summed E-state index contributed by atoms with van der Waals surface area (Å²) >= 11 is 5.96. The largest absolute Gasteiger partial charge is 0.493 e. The SMILES string of the molecule is COc1ccc(C(=O)/C=C\Nc2cc(Cl)ccc2C)cc1OC. The summed E-state index contributed by atoms with van der Waals surface area (Å²) in [7, 11) is 3.09. The van der Waals surface area contributed by atoms with Crippen molar-refractivity contribution in [3.63, 3.8) is 0 Å². The van der Waals surface area contributed by atoms with E-state index >= 15 is 0 Å². The van der Waals surface area contributed by atoms with E-state index in [1.54, 1.807) is 31.5 Å². The van der Waals surface area contributed by atoms with E-state index in [0.29, 0.717) is 22.1 Å². The molecule has 0 bridgehead atoms. The van der Waals surface area contributed by atoms with Crippen molar-refractivity contribution in [3.8, 4) is 11.5 Å². The van der Waals surface area contributed by atoms with Crippen LogP contribution in [0.4, 0.5) is 5.69 Å². The molecule has 4 nitrogen and oxygen atoms in total. The third-order valence-electron chi connectivity index (χ3n) is 3.34. The number of ketones is 1. The van der Waals surface area contributed by atoms with E-state index in [1.165, 1.54) is 13.2 Å². The van der Waals surface area contributed by atoms with Crippen LogP contribution in [0, 0.1) is 6.92 Å². The van der Waals surface area contributed by atoms with Crippen LogP contribution in [0.25, 0.3) is 0 Å². The van der Waals surface area contributed by atoms with Gasteiger partial charge in [-0.2, -0.15) is 0 Å². The molecular formula is C18H18ClNO3. The summed E-state index contributed by atoms with van der Waals surface area (Å²) < 4.78 is 10.4. The Morgan fingerprint density at radius 2 is 1.83 bits per heavy atom. The lowest BCUT2D eigenvalue weighted by Crippen LogP contribution is -1.99. The Labute approximate surface area is 140 Å². The number of rotatable bonds is 6. The lowest BCUT2D eigenvalue weighted by Gasteiger charge is -2.08. The van der Waals surface area contributed by atoms with Gasteiger partial charge in [-0.25, -0.2) is 0 Å². The van der Waals surface area contributed by atoms with Gasteiger partial charge in [-0.05, 0) is 42.8 Å². The molecule has 2 aromatic rings. The maximum Gasteiger partial charge on any atom is 0.187 e. The van der Waals surface area contributed by atoms with Crippen molar-refractivity contribution in [1.82, 2.24) is 0 Å². The summed E-state index contributed by atoms with van der Waals surface area (Å²) in [6.45, 7) is 1.96. The molecule has 0 heterocycles. The van der Waals surface area contributed by atoms with Gasteiger partial charge in [-0.1, -0.05) is 17.7 Å². The molecule has 1 N–H and O–H groups in total. The Hall–Kier alpha value is -2.46. The van der Waals surface area contributed by atoms with Crippen LogP contribution in [0.3, 0.4) is 0 Å². The maximum absolute atomic E-state index is 12.2. The van der Waals surface area contributed by atoms with Crippen molar-refractivity contribution in [2.24, 2.45) is 0 Å². The molecule has 0 unspecified atom stereocenters. The molecule has 0 amide bonds. The first-order valence-electron chi connectivity index (χ1n) is 7.00. The molecule has 23 heavy (non-hydrogen) atoms. The number of methoxy groups -OCH3 is 2. The van der Waals surface area contributed by atoms with Gasteiger partial charge in [0.15, 0.2) is 17.3 Å². The van der Waals surface area contributed by atoms with Gasteiger partial charge in [-0.15, -0.1) is 0 Å². The molecule has 2 aromatic carbocycles. The number of ether oxygens (including phenoxy) is 2. The molecule has 0 aliphatic heterocycles. The number of anilines is 1. The summed E-state index contributed by atoms with van der Waals surface area (Å²) in [6, 6.07) is 10.6. The zero-order valence-corrected chi connectivity index (χ0v) is 14.0. The second kappa shape index (κ2) is 7.70. The first-order chi connectivity index (χ1) is 11.0. The summed E-state index contributed by atoms with van der Waals surface area (Å²) in [5.41, 5.74) is 2.41. The van der Waals surface area contributed by atoms with Gasteiger partial charge >= 0.3 is 0 Å². The fourth-order valence-electron chi connectivity index (χ4n) is 2.04. The van der Waals surface area contributed by atoms with Crippen LogP contribution in [-0.4, -0.2) is 20.0 Å². The number of carbonyl (C=O) groups is 1. The van der Waals surface area contributed by atoms with E-state index < -0.39 is 0 Å². The monoisotopic (exact) mass is 331 g/mol. The van der Waals surface area contributed by atoms with Crippen molar-refractivity contribution in [2.45, 2.75) is 6.92 Å². The van der Waals surface area contributed by atoms with Crippen LogP contribution in [0.5, 0.6) is 11.5 Å². The van der Waals surface area contributed by atoms with E-state index in [0.717, 1.165) is 11.3 Å². The molecule has 0 spiro atoms. The Morgan fingerprint density at radius 1 is 1.09 bits per heavy atom. The van der Waals surface area contributed by atoms with Crippen LogP contribution in [0.15, 0.2) is 48.7 Å². The molecule has 0 saturated heterocycles. The number of carbonyl (C=O) groups excluding carboxylic acids is 1. The fraction of sp³-hybridized carbons (Fsp3) is 0.167. The van der Waals surface area contributed by atoms with Crippen LogP contribution in [0.2, 0.25) is 5.02 Å². The number of allylic oxidation sites excluding steroid dienone is 1. The molecule has 2 rings (SSSR count). The molecule has 0 aliphatic carbocycles. The summed E-state index contributed by atoms with van der Waals surface area (Å²) in [5, 5.41) is 3.70. The van der Waals surface area contributed by atoms with Crippen LogP contribution >= 0.6 is 11.6 Å². The molecule has 0 radical (unpaired) electrons. The Morgan fingerprint density at radius 3 is 2.52 bits per heavy atom. The van der Waals surface area contributed by atoms with Gasteiger partial charge in [0.05, 0.1) is 14.2 Å². The molecule has 0 atom stereocenters. The molecule has 0 aromatic heterocycles. The molecule has 0 fully saturated rings. The molecule has 120 valence electrons. The number of aryl methyl sites for hydroxylation is 1. The lowest BCUT2D eigenvalue weighted by molar-refractivity contribution is 0.104. The van der Waals surface area contributed by atoms with Gasteiger partial charge in [0.2, 0.25) is 0 Å². The number of benzene rings is 2. The van der Waals surface area contributed by atoms with E-state index in [2.05, 4.69) is 5.32 Å². The van der Waals surface area contributed by atoms with Crippen molar-refractivity contribution < 1.29 is 14.3 Å². The highest BCUT2D eigenvalue weighted by molar-refractivity contribution is 6.30. The molecule has 0 aliphatic rings.